The molecule has 29 heavy (non-hydrogen) atoms. The topological polar surface area (TPSA) is 46.1 Å². The van der Waals surface area contributed by atoms with E-state index >= 15 is 0 Å². The minimum absolute atomic E-state index is 0. The van der Waals surface area contributed by atoms with Gasteiger partial charge in [-0.3, -0.25) is 4.99 Å². The van der Waals surface area contributed by atoms with Crippen LogP contribution in [0.5, 0.6) is 0 Å². The minimum Gasteiger partial charge on any atom is -0.365 e. The molecule has 3 rings (SSSR count). The number of rotatable bonds is 5. The molecule has 2 N–H and O–H groups in total. The van der Waals surface area contributed by atoms with Crippen molar-refractivity contribution in [1.82, 2.24) is 20.4 Å². The van der Waals surface area contributed by atoms with Crippen molar-refractivity contribution < 1.29 is 8.78 Å². The van der Waals surface area contributed by atoms with Crippen LogP contribution in [0.4, 0.5) is 14.5 Å². The molecule has 164 valence electrons. The molecule has 2 aliphatic heterocycles. The number of likely N-dealkylation sites (N-methyl/N-ethyl adjacent to an activating group) is 1. The first kappa shape index (κ1) is 24.1. The molecule has 1 aromatic rings. The maximum Gasteiger partial charge on any atom is 0.191 e. The van der Waals surface area contributed by atoms with E-state index in [4.69, 9.17) is 0 Å². The summed E-state index contributed by atoms with van der Waals surface area (Å²) in [6.07, 6.45) is 2.01. The number of anilines is 1. The highest BCUT2D eigenvalue weighted by Gasteiger charge is 2.27. The van der Waals surface area contributed by atoms with Crippen LogP contribution < -0.4 is 15.5 Å². The molecule has 2 heterocycles. The molecule has 6 nitrogen and oxygen atoms in total. The molecule has 0 spiro atoms. The van der Waals surface area contributed by atoms with Crippen molar-refractivity contribution in [2.45, 2.75) is 18.9 Å². The van der Waals surface area contributed by atoms with Gasteiger partial charge in [0.15, 0.2) is 5.96 Å². The Morgan fingerprint density at radius 1 is 1.14 bits per heavy atom. The Morgan fingerprint density at radius 2 is 1.90 bits per heavy atom. The summed E-state index contributed by atoms with van der Waals surface area (Å²) in [5.74, 6) is -0.273. The summed E-state index contributed by atoms with van der Waals surface area (Å²) in [5.41, 5.74) is 0.0703. The van der Waals surface area contributed by atoms with Gasteiger partial charge in [0.2, 0.25) is 0 Å². The normalized spacial score (nSPS) is 21.6. The second-order valence-electron chi connectivity index (χ2n) is 7.64. The van der Waals surface area contributed by atoms with Crippen LogP contribution in [-0.2, 0) is 0 Å². The van der Waals surface area contributed by atoms with E-state index in [-0.39, 0.29) is 35.7 Å². The fraction of sp³-hybridized carbons (Fsp3) is 0.650. The van der Waals surface area contributed by atoms with Crippen molar-refractivity contribution in [3.8, 4) is 0 Å². The van der Waals surface area contributed by atoms with E-state index in [9.17, 15) is 8.78 Å². The predicted molar refractivity (Wildman–Crippen MR) is 125 cm³/mol. The average Bonchev–Trinajstić information content (AvgIpc) is 3.02. The van der Waals surface area contributed by atoms with Gasteiger partial charge in [0.05, 0.1) is 0 Å². The van der Waals surface area contributed by atoms with Gasteiger partial charge in [-0.2, -0.15) is 0 Å². The molecule has 0 aliphatic carbocycles. The molecule has 2 aliphatic rings. The van der Waals surface area contributed by atoms with Crippen molar-refractivity contribution in [2.24, 2.45) is 4.99 Å². The lowest BCUT2D eigenvalue weighted by Crippen LogP contribution is -2.47. The molecule has 0 bridgehead atoms. The van der Waals surface area contributed by atoms with Gasteiger partial charge in [0.25, 0.3) is 0 Å². The number of guanidine groups is 1. The Labute approximate surface area is 189 Å². The third kappa shape index (κ3) is 6.92. The van der Waals surface area contributed by atoms with E-state index < -0.39 is 11.6 Å². The summed E-state index contributed by atoms with van der Waals surface area (Å²) in [6, 6.07) is 4.12. The maximum absolute atomic E-state index is 14.0. The zero-order valence-electron chi connectivity index (χ0n) is 17.3. The summed E-state index contributed by atoms with van der Waals surface area (Å²) < 4.78 is 28.0. The molecule has 0 saturated carbocycles. The Bertz CT molecular complexity index is 654. The Hall–Kier alpha value is -1.20. The molecular weight excluding hydrogens is 489 g/mol. The Balaban J connectivity index is 0.00000300. The van der Waals surface area contributed by atoms with Crippen LogP contribution >= 0.6 is 24.0 Å². The average molecular weight is 522 g/mol. The molecule has 1 aromatic carbocycles. The fourth-order valence-corrected chi connectivity index (χ4v) is 3.92. The minimum atomic E-state index is -0.508. The van der Waals surface area contributed by atoms with Crippen LogP contribution in [0.2, 0.25) is 0 Å². The van der Waals surface area contributed by atoms with Crippen LogP contribution in [-0.4, -0.2) is 88.3 Å². The molecule has 0 radical (unpaired) electrons. The first-order valence-corrected chi connectivity index (χ1v) is 10.1. The van der Waals surface area contributed by atoms with E-state index in [2.05, 4.69) is 32.5 Å². The van der Waals surface area contributed by atoms with Gasteiger partial charge in [-0.05, 0) is 45.1 Å². The lowest BCUT2D eigenvalue weighted by Gasteiger charge is -2.23. The highest BCUT2D eigenvalue weighted by atomic mass is 127. The zero-order chi connectivity index (χ0) is 19.9. The summed E-state index contributed by atoms with van der Waals surface area (Å²) in [5, 5.41) is 6.76. The lowest BCUT2D eigenvalue weighted by molar-refractivity contribution is 0.280. The largest absolute Gasteiger partial charge is 0.365 e. The molecule has 0 amide bonds. The highest BCUT2D eigenvalue weighted by Crippen LogP contribution is 2.26. The van der Waals surface area contributed by atoms with Crippen molar-refractivity contribution in [1.29, 1.82) is 0 Å². The van der Waals surface area contributed by atoms with Gasteiger partial charge in [0, 0.05) is 52.4 Å². The van der Waals surface area contributed by atoms with Crippen LogP contribution in [0.25, 0.3) is 0 Å². The summed E-state index contributed by atoms with van der Waals surface area (Å²) in [7, 11) is 3.92. The Morgan fingerprint density at radius 3 is 2.62 bits per heavy atom. The monoisotopic (exact) mass is 522 g/mol. The summed E-state index contributed by atoms with van der Waals surface area (Å²) in [6.45, 7) is 7.46. The van der Waals surface area contributed by atoms with Crippen LogP contribution in [0.1, 0.15) is 12.8 Å². The first-order chi connectivity index (χ1) is 13.6. The number of halogens is 3. The van der Waals surface area contributed by atoms with Crippen molar-refractivity contribution in [3.63, 3.8) is 0 Å². The van der Waals surface area contributed by atoms with Crippen LogP contribution in [0, 0.1) is 11.6 Å². The smallest absolute Gasteiger partial charge is 0.191 e. The number of nitrogens with one attached hydrogen (secondary N) is 2. The SMILES string of the molecule is CN=C(NCCN1CCCN(C)CC1)NC1CCN(c2c(F)cccc2F)C1.I. The second kappa shape index (κ2) is 11.8. The quantitative estimate of drug-likeness (QED) is 0.352. The number of hydrogen-bond donors (Lipinski definition) is 2. The lowest BCUT2D eigenvalue weighted by atomic mass is 10.2. The third-order valence-corrected chi connectivity index (χ3v) is 5.54. The van der Waals surface area contributed by atoms with E-state index in [1.807, 2.05) is 0 Å². The van der Waals surface area contributed by atoms with Crippen molar-refractivity contribution in [3.05, 3.63) is 29.8 Å². The predicted octanol–water partition coefficient (Wildman–Crippen LogP) is 1.96. The van der Waals surface area contributed by atoms with Gasteiger partial charge in [-0.15, -0.1) is 24.0 Å². The molecule has 1 unspecified atom stereocenters. The van der Waals surface area contributed by atoms with Crippen molar-refractivity contribution >= 4 is 35.6 Å². The first-order valence-electron chi connectivity index (χ1n) is 10.1. The molecular formula is C20H33F2IN6. The number of benzene rings is 1. The number of para-hydroxylation sites is 1. The molecule has 2 saturated heterocycles. The second-order valence-corrected chi connectivity index (χ2v) is 7.64. The number of aliphatic imine (C=N–C) groups is 1. The molecule has 2 fully saturated rings. The third-order valence-electron chi connectivity index (χ3n) is 5.54. The van der Waals surface area contributed by atoms with Gasteiger partial charge >= 0.3 is 0 Å². The molecule has 1 atom stereocenters. The van der Waals surface area contributed by atoms with E-state index in [1.165, 1.54) is 24.6 Å². The molecule has 0 aromatic heterocycles. The van der Waals surface area contributed by atoms with E-state index in [0.29, 0.717) is 13.1 Å². The van der Waals surface area contributed by atoms with Crippen LogP contribution in [0.15, 0.2) is 23.2 Å². The molecule has 9 heteroatoms. The van der Waals surface area contributed by atoms with Gasteiger partial charge in [0.1, 0.15) is 17.3 Å². The summed E-state index contributed by atoms with van der Waals surface area (Å²) in [4.78, 5) is 10.9. The highest BCUT2D eigenvalue weighted by molar-refractivity contribution is 14.0. The van der Waals surface area contributed by atoms with Gasteiger partial charge in [-0.25, -0.2) is 8.78 Å². The summed E-state index contributed by atoms with van der Waals surface area (Å²) >= 11 is 0. The Kier molecular flexibility index (Phi) is 9.84. The van der Waals surface area contributed by atoms with E-state index in [1.54, 1.807) is 11.9 Å². The zero-order valence-corrected chi connectivity index (χ0v) is 19.7. The maximum atomic E-state index is 14.0. The standard InChI is InChI=1S/C20H32F2N6.HI/c1-23-20(24-8-12-27-10-4-9-26(2)13-14-27)25-16-7-11-28(15-16)19-17(21)5-3-6-18(19)22;/h3,5-6,16H,4,7-15H2,1-2H3,(H2,23,24,25);1H. The number of hydrogen-bond acceptors (Lipinski definition) is 4. The van der Waals surface area contributed by atoms with Gasteiger partial charge < -0.3 is 25.3 Å². The van der Waals surface area contributed by atoms with Crippen molar-refractivity contribution in [2.75, 3.05) is 71.4 Å². The van der Waals surface area contributed by atoms with E-state index in [0.717, 1.165) is 51.6 Å². The number of nitrogens with zero attached hydrogens (tertiary/aromatic N) is 4. The van der Waals surface area contributed by atoms with Crippen LogP contribution in [0.3, 0.4) is 0 Å². The fourth-order valence-electron chi connectivity index (χ4n) is 3.92. The van der Waals surface area contributed by atoms with Gasteiger partial charge in [-0.1, -0.05) is 6.07 Å².